The van der Waals surface area contributed by atoms with Crippen molar-refractivity contribution in [2.75, 3.05) is 7.11 Å². The highest BCUT2D eigenvalue weighted by Crippen LogP contribution is 2.34. The zero-order valence-corrected chi connectivity index (χ0v) is 14.5. The summed E-state index contributed by atoms with van der Waals surface area (Å²) < 4.78 is 5.35. The van der Waals surface area contributed by atoms with Crippen LogP contribution in [0.2, 0.25) is 5.02 Å². The average Bonchev–Trinajstić information content (AvgIpc) is 2.68. The summed E-state index contributed by atoms with van der Waals surface area (Å²) in [5.74, 6) is 0.816. The van der Waals surface area contributed by atoms with Gasteiger partial charge in [-0.2, -0.15) is 0 Å². The first-order valence-electron chi connectivity index (χ1n) is 8.05. The van der Waals surface area contributed by atoms with Gasteiger partial charge < -0.3 is 4.74 Å². The lowest BCUT2D eigenvalue weighted by Crippen LogP contribution is -1.91. The smallest absolute Gasteiger partial charge is 0.119 e. The number of halogens is 1. The molecule has 0 aliphatic heterocycles. The Morgan fingerprint density at radius 2 is 1.60 bits per heavy atom. The van der Waals surface area contributed by atoms with Crippen molar-refractivity contribution in [3.63, 3.8) is 0 Å². The Morgan fingerprint density at radius 3 is 2.40 bits per heavy atom. The van der Waals surface area contributed by atoms with Gasteiger partial charge in [0.1, 0.15) is 5.75 Å². The lowest BCUT2D eigenvalue weighted by atomic mass is 9.98. The largest absolute Gasteiger partial charge is 0.497 e. The third-order valence-corrected chi connectivity index (χ3v) is 4.46. The number of rotatable bonds is 3. The van der Waals surface area contributed by atoms with Crippen LogP contribution >= 0.6 is 11.6 Å². The fourth-order valence-electron chi connectivity index (χ4n) is 2.98. The molecule has 0 spiro atoms. The molecule has 0 radical (unpaired) electrons. The highest BCUT2D eigenvalue weighted by atomic mass is 35.5. The number of hydrogen-bond donors (Lipinski definition) is 0. The van der Waals surface area contributed by atoms with Crippen LogP contribution in [0.3, 0.4) is 0 Å². The Balaban J connectivity index is 1.99. The van der Waals surface area contributed by atoms with Gasteiger partial charge in [-0.05, 0) is 47.5 Å². The summed E-state index contributed by atoms with van der Waals surface area (Å²) in [4.78, 5) is 4.83. The van der Waals surface area contributed by atoms with Crippen molar-refractivity contribution >= 4 is 22.5 Å². The number of hydrogen-bond acceptors (Lipinski definition) is 2. The van der Waals surface area contributed by atoms with Crippen molar-refractivity contribution in [2.24, 2.45) is 0 Å². The van der Waals surface area contributed by atoms with Gasteiger partial charge in [0, 0.05) is 16.0 Å². The first-order chi connectivity index (χ1) is 12.2. The summed E-state index contributed by atoms with van der Waals surface area (Å²) in [5.41, 5.74) is 5.11. The molecule has 25 heavy (non-hydrogen) atoms. The highest BCUT2D eigenvalue weighted by Gasteiger charge is 2.10. The van der Waals surface area contributed by atoms with Gasteiger partial charge in [-0.3, -0.25) is 0 Å². The molecule has 0 saturated carbocycles. The van der Waals surface area contributed by atoms with E-state index < -0.39 is 0 Å². The van der Waals surface area contributed by atoms with Crippen LogP contribution in [0, 0.1) is 0 Å². The molecule has 0 aliphatic carbocycles. The zero-order valence-electron chi connectivity index (χ0n) is 13.7. The number of nitrogens with zero attached hydrogens (tertiary/aromatic N) is 1. The van der Waals surface area contributed by atoms with Crippen LogP contribution < -0.4 is 4.74 Å². The fraction of sp³-hybridized carbons (Fsp3) is 0.0455. The van der Waals surface area contributed by atoms with Crippen LogP contribution in [-0.4, -0.2) is 12.1 Å². The predicted octanol–water partition coefficient (Wildman–Crippen LogP) is 6.23. The van der Waals surface area contributed by atoms with E-state index in [1.165, 1.54) is 0 Å². The molecule has 2 nitrogen and oxygen atoms in total. The monoisotopic (exact) mass is 345 g/mol. The molecule has 122 valence electrons. The van der Waals surface area contributed by atoms with Gasteiger partial charge in [-0.25, -0.2) is 4.98 Å². The second-order valence-electron chi connectivity index (χ2n) is 5.81. The Hall–Kier alpha value is -2.84. The molecule has 0 amide bonds. The van der Waals surface area contributed by atoms with Crippen molar-refractivity contribution in [3.05, 3.63) is 83.9 Å². The Labute approximate surface area is 151 Å². The van der Waals surface area contributed by atoms with Crippen molar-refractivity contribution in [2.45, 2.75) is 0 Å². The van der Waals surface area contributed by atoms with Gasteiger partial charge >= 0.3 is 0 Å². The molecule has 0 atom stereocenters. The minimum atomic E-state index is 0.709. The Morgan fingerprint density at radius 1 is 0.800 bits per heavy atom. The minimum Gasteiger partial charge on any atom is -0.497 e. The summed E-state index contributed by atoms with van der Waals surface area (Å²) >= 11 is 6.23. The van der Waals surface area contributed by atoms with Crippen LogP contribution in [0.25, 0.3) is 33.3 Å². The molecule has 0 bridgehead atoms. The Kier molecular flexibility index (Phi) is 4.12. The number of methoxy groups -OCH3 is 1. The number of pyridine rings is 1. The van der Waals surface area contributed by atoms with E-state index in [0.717, 1.165) is 39.0 Å². The lowest BCUT2D eigenvalue weighted by Gasteiger charge is -2.11. The first kappa shape index (κ1) is 15.7. The summed E-state index contributed by atoms with van der Waals surface area (Å²) in [6.45, 7) is 0. The molecule has 0 N–H and O–H groups in total. The van der Waals surface area contributed by atoms with Gasteiger partial charge in [-0.1, -0.05) is 54.1 Å². The van der Waals surface area contributed by atoms with E-state index >= 15 is 0 Å². The maximum atomic E-state index is 6.23. The maximum Gasteiger partial charge on any atom is 0.119 e. The van der Waals surface area contributed by atoms with E-state index in [4.69, 9.17) is 21.3 Å². The molecular formula is C22H16ClNO. The molecule has 4 rings (SSSR count). The number of aromatic nitrogens is 1. The quantitative estimate of drug-likeness (QED) is 0.439. The van der Waals surface area contributed by atoms with Gasteiger partial charge in [-0.15, -0.1) is 0 Å². The lowest BCUT2D eigenvalue weighted by molar-refractivity contribution is 0.415. The second kappa shape index (κ2) is 6.58. The normalized spacial score (nSPS) is 10.8. The number of benzene rings is 3. The average molecular weight is 346 g/mol. The van der Waals surface area contributed by atoms with E-state index in [0.29, 0.717) is 5.02 Å². The van der Waals surface area contributed by atoms with Crippen molar-refractivity contribution < 1.29 is 4.74 Å². The molecule has 1 heterocycles. The minimum absolute atomic E-state index is 0.709. The third kappa shape index (κ3) is 3.09. The summed E-state index contributed by atoms with van der Waals surface area (Å²) in [6.07, 6.45) is 0. The van der Waals surface area contributed by atoms with Crippen molar-refractivity contribution in [3.8, 4) is 28.1 Å². The van der Waals surface area contributed by atoms with E-state index in [1.54, 1.807) is 7.11 Å². The van der Waals surface area contributed by atoms with Gasteiger partial charge in [0.15, 0.2) is 0 Å². The van der Waals surface area contributed by atoms with Crippen LogP contribution in [0.5, 0.6) is 5.75 Å². The van der Waals surface area contributed by atoms with E-state index in [-0.39, 0.29) is 0 Å². The molecule has 3 heteroatoms. The maximum absolute atomic E-state index is 6.23. The van der Waals surface area contributed by atoms with Crippen LogP contribution in [0.1, 0.15) is 0 Å². The standard InChI is InChI=1S/C22H16ClNO/c1-25-18-9-5-8-16(12-18)22-14-19(15-6-3-2-4-7-15)20-13-17(23)10-11-21(20)24-22/h2-14H,1H3. The van der Waals surface area contributed by atoms with Crippen LogP contribution in [0.4, 0.5) is 0 Å². The zero-order chi connectivity index (χ0) is 17.2. The van der Waals surface area contributed by atoms with Crippen molar-refractivity contribution in [1.82, 2.24) is 4.98 Å². The first-order valence-corrected chi connectivity index (χ1v) is 8.42. The molecule has 4 aromatic rings. The predicted molar refractivity (Wildman–Crippen MR) is 104 cm³/mol. The third-order valence-electron chi connectivity index (χ3n) is 4.22. The van der Waals surface area contributed by atoms with Crippen LogP contribution in [-0.2, 0) is 0 Å². The topological polar surface area (TPSA) is 22.1 Å². The fourth-order valence-corrected chi connectivity index (χ4v) is 3.16. The molecular weight excluding hydrogens is 330 g/mol. The van der Waals surface area contributed by atoms with E-state index in [9.17, 15) is 0 Å². The molecule has 1 aromatic heterocycles. The van der Waals surface area contributed by atoms with E-state index in [2.05, 4.69) is 18.2 Å². The molecule has 3 aromatic carbocycles. The molecule has 0 fully saturated rings. The van der Waals surface area contributed by atoms with Gasteiger partial charge in [0.05, 0.1) is 18.3 Å². The SMILES string of the molecule is COc1cccc(-c2cc(-c3ccccc3)c3cc(Cl)ccc3n2)c1. The van der Waals surface area contributed by atoms with Gasteiger partial charge in [0.2, 0.25) is 0 Å². The van der Waals surface area contributed by atoms with Crippen molar-refractivity contribution in [1.29, 1.82) is 0 Å². The summed E-state index contributed by atoms with van der Waals surface area (Å²) in [6, 6.07) is 26.2. The molecule has 0 saturated heterocycles. The second-order valence-corrected chi connectivity index (χ2v) is 6.25. The Bertz CT molecular complexity index is 1040. The number of ether oxygens (including phenoxy) is 1. The van der Waals surface area contributed by atoms with Gasteiger partial charge in [0.25, 0.3) is 0 Å². The molecule has 0 aliphatic rings. The highest BCUT2D eigenvalue weighted by molar-refractivity contribution is 6.31. The summed E-state index contributed by atoms with van der Waals surface area (Å²) in [7, 11) is 1.67. The summed E-state index contributed by atoms with van der Waals surface area (Å²) in [5, 5.41) is 1.76. The molecule has 0 unspecified atom stereocenters. The van der Waals surface area contributed by atoms with E-state index in [1.807, 2.05) is 60.7 Å². The number of fused-ring (bicyclic) bond motifs is 1. The van der Waals surface area contributed by atoms with Crippen LogP contribution in [0.15, 0.2) is 78.9 Å².